The minimum Gasteiger partial charge on any atom is -0.480 e. The first kappa shape index (κ1) is 26.1. The number of carbonyl (C=O) groups is 4. The van der Waals surface area contributed by atoms with Crippen LogP contribution < -0.4 is 21.3 Å². The van der Waals surface area contributed by atoms with E-state index in [2.05, 4.69) is 21.3 Å². The lowest BCUT2D eigenvalue weighted by atomic mass is 10.0. The van der Waals surface area contributed by atoms with Gasteiger partial charge in [0.05, 0.1) is 12.1 Å². The van der Waals surface area contributed by atoms with E-state index in [1.807, 2.05) is 11.8 Å². The van der Waals surface area contributed by atoms with Gasteiger partial charge in [0.25, 0.3) is 0 Å². The predicted octanol–water partition coefficient (Wildman–Crippen LogP) is 1.98. The van der Waals surface area contributed by atoms with Crippen LogP contribution in [0.1, 0.15) is 65.7 Å². The highest BCUT2D eigenvalue weighted by Gasteiger charge is 2.42. The van der Waals surface area contributed by atoms with Crippen LogP contribution in [0.2, 0.25) is 0 Å². The number of alkyl carbamates (subject to hydrolysis) is 1. The molecule has 2 rings (SSSR count). The van der Waals surface area contributed by atoms with Crippen LogP contribution in [-0.4, -0.2) is 70.4 Å². The number of aliphatic carboxylic acids is 1. The fourth-order valence-electron chi connectivity index (χ4n) is 3.77. The molecule has 0 bridgehead atoms. The van der Waals surface area contributed by atoms with Gasteiger partial charge in [-0.2, -0.15) is 11.8 Å². The van der Waals surface area contributed by atoms with Crippen LogP contribution in [0.5, 0.6) is 0 Å². The number of carbonyl (C=O) groups excluding carboxylic acids is 3. The smallest absolute Gasteiger partial charge is 0.408 e. The van der Waals surface area contributed by atoms with Crippen LogP contribution in [0, 0.1) is 0 Å². The number of unbranched alkanes of at least 4 members (excludes halogenated alkanes) is 2. The van der Waals surface area contributed by atoms with Crippen molar-refractivity contribution < 1.29 is 29.0 Å². The van der Waals surface area contributed by atoms with E-state index in [-0.39, 0.29) is 30.4 Å². The van der Waals surface area contributed by atoms with Crippen molar-refractivity contribution in [3.8, 4) is 0 Å². The molecule has 0 aromatic heterocycles. The molecule has 4 atom stereocenters. The molecule has 0 spiro atoms. The fourth-order valence-corrected chi connectivity index (χ4v) is 5.31. The lowest BCUT2D eigenvalue weighted by Gasteiger charge is -2.22. The van der Waals surface area contributed by atoms with Crippen molar-refractivity contribution in [1.29, 1.82) is 0 Å². The summed E-state index contributed by atoms with van der Waals surface area (Å²) < 4.78 is 5.09. The molecule has 2 saturated heterocycles. The Bertz CT molecular complexity index is 684. The number of urea groups is 1. The quantitative estimate of drug-likeness (QED) is 0.216. The molecule has 0 aliphatic carbocycles. The number of hydrogen-bond acceptors (Lipinski definition) is 6. The van der Waals surface area contributed by atoms with Gasteiger partial charge in [0.2, 0.25) is 5.91 Å². The Balaban J connectivity index is 1.51. The van der Waals surface area contributed by atoms with Crippen LogP contribution in [0.25, 0.3) is 0 Å². The van der Waals surface area contributed by atoms with E-state index in [1.165, 1.54) is 0 Å². The summed E-state index contributed by atoms with van der Waals surface area (Å²) in [4.78, 5) is 46.5. The summed E-state index contributed by atoms with van der Waals surface area (Å²) in [5, 5.41) is 20.8. The molecule has 2 aliphatic rings. The molecule has 182 valence electrons. The number of thioether (sulfide) groups is 1. The Morgan fingerprint density at radius 1 is 1.19 bits per heavy atom. The normalized spacial score (nSPS) is 23.0. The van der Waals surface area contributed by atoms with Gasteiger partial charge in [0.1, 0.15) is 11.6 Å². The first-order valence-electron chi connectivity index (χ1n) is 11.2. The van der Waals surface area contributed by atoms with E-state index < -0.39 is 23.7 Å². The molecule has 0 aromatic carbocycles. The summed E-state index contributed by atoms with van der Waals surface area (Å²) >= 11 is 1.87. The maximum Gasteiger partial charge on any atom is 0.408 e. The SMILES string of the molecule is CC(C)(C)OC(=O)N[C@H](CCCCNC(=O)CCCC[C@H]1SC[C@H]2NC(=O)N[C@@H]21)C(=O)O. The maximum atomic E-state index is 12.0. The maximum absolute atomic E-state index is 12.0. The summed E-state index contributed by atoms with van der Waals surface area (Å²) in [7, 11) is 0. The fraction of sp³-hybridized carbons (Fsp3) is 0.810. The molecule has 10 nitrogen and oxygen atoms in total. The van der Waals surface area contributed by atoms with E-state index in [0.717, 1.165) is 25.0 Å². The molecule has 5 N–H and O–H groups in total. The van der Waals surface area contributed by atoms with Crippen molar-refractivity contribution in [3.05, 3.63) is 0 Å². The summed E-state index contributed by atoms with van der Waals surface area (Å²) in [6.07, 6.45) is 3.83. The minimum atomic E-state index is -1.11. The highest BCUT2D eigenvalue weighted by Crippen LogP contribution is 2.33. The molecule has 2 fully saturated rings. The Hall–Kier alpha value is -2.17. The number of rotatable bonds is 12. The molecular formula is C21H36N4O6S. The van der Waals surface area contributed by atoms with E-state index in [4.69, 9.17) is 4.74 Å². The van der Waals surface area contributed by atoms with Gasteiger partial charge in [0.15, 0.2) is 0 Å². The molecule has 0 aromatic rings. The predicted molar refractivity (Wildman–Crippen MR) is 122 cm³/mol. The summed E-state index contributed by atoms with van der Waals surface area (Å²) in [5.74, 6) is -0.191. The zero-order chi connectivity index (χ0) is 23.7. The van der Waals surface area contributed by atoms with E-state index >= 15 is 0 Å². The van der Waals surface area contributed by atoms with E-state index in [1.54, 1.807) is 20.8 Å². The van der Waals surface area contributed by atoms with Gasteiger partial charge < -0.3 is 31.1 Å². The topological polar surface area (TPSA) is 146 Å². The first-order valence-corrected chi connectivity index (χ1v) is 12.3. The van der Waals surface area contributed by atoms with Crippen LogP contribution in [0.4, 0.5) is 9.59 Å². The van der Waals surface area contributed by atoms with Gasteiger partial charge in [-0.1, -0.05) is 6.42 Å². The third-order valence-corrected chi connectivity index (χ3v) is 6.82. The number of amides is 4. The van der Waals surface area contributed by atoms with Gasteiger partial charge in [-0.3, -0.25) is 4.79 Å². The molecule has 2 heterocycles. The van der Waals surface area contributed by atoms with Crippen molar-refractivity contribution >= 4 is 35.8 Å². The van der Waals surface area contributed by atoms with Gasteiger partial charge in [-0.25, -0.2) is 14.4 Å². The van der Waals surface area contributed by atoms with Crippen LogP contribution in [0.3, 0.4) is 0 Å². The zero-order valence-corrected chi connectivity index (χ0v) is 19.9. The van der Waals surface area contributed by atoms with Gasteiger partial charge >= 0.3 is 18.1 Å². The lowest BCUT2D eigenvalue weighted by Crippen LogP contribution is -2.43. The van der Waals surface area contributed by atoms with Gasteiger partial charge in [0, 0.05) is 24.0 Å². The Morgan fingerprint density at radius 2 is 1.94 bits per heavy atom. The molecule has 0 unspecified atom stereocenters. The monoisotopic (exact) mass is 472 g/mol. The molecular weight excluding hydrogens is 436 g/mol. The Kier molecular flexibility index (Phi) is 9.92. The zero-order valence-electron chi connectivity index (χ0n) is 19.1. The number of nitrogens with one attached hydrogen (secondary N) is 4. The van der Waals surface area contributed by atoms with Crippen molar-refractivity contribution in [1.82, 2.24) is 21.3 Å². The minimum absolute atomic E-state index is 0.0144. The van der Waals surface area contributed by atoms with Crippen molar-refractivity contribution in [2.45, 2.75) is 94.7 Å². The molecule has 11 heteroatoms. The van der Waals surface area contributed by atoms with Gasteiger partial charge in [-0.15, -0.1) is 0 Å². The number of ether oxygens (including phenoxy) is 1. The van der Waals surface area contributed by atoms with Crippen LogP contribution >= 0.6 is 11.8 Å². The average Bonchev–Trinajstić information content (AvgIpc) is 3.21. The number of fused-ring (bicyclic) bond motifs is 1. The lowest BCUT2D eigenvalue weighted by molar-refractivity contribution is -0.139. The van der Waals surface area contributed by atoms with Gasteiger partial charge in [-0.05, 0) is 52.9 Å². The third kappa shape index (κ3) is 9.13. The average molecular weight is 473 g/mol. The first-order chi connectivity index (χ1) is 15.0. The largest absolute Gasteiger partial charge is 0.480 e. The second-order valence-electron chi connectivity index (χ2n) is 9.25. The molecule has 4 amide bonds. The molecule has 0 radical (unpaired) electrons. The second kappa shape index (κ2) is 12.2. The summed E-state index contributed by atoms with van der Waals surface area (Å²) in [6, 6.07) is -0.685. The summed E-state index contributed by atoms with van der Waals surface area (Å²) in [6.45, 7) is 5.60. The van der Waals surface area contributed by atoms with E-state index in [0.29, 0.717) is 31.1 Å². The van der Waals surface area contributed by atoms with E-state index in [9.17, 15) is 24.3 Å². The van der Waals surface area contributed by atoms with Crippen molar-refractivity contribution in [3.63, 3.8) is 0 Å². The van der Waals surface area contributed by atoms with Crippen LogP contribution in [0.15, 0.2) is 0 Å². The van der Waals surface area contributed by atoms with Crippen molar-refractivity contribution in [2.24, 2.45) is 0 Å². The molecule has 0 saturated carbocycles. The Morgan fingerprint density at radius 3 is 2.62 bits per heavy atom. The number of carboxylic acids is 1. The molecule has 2 aliphatic heterocycles. The molecule has 32 heavy (non-hydrogen) atoms. The van der Waals surface area contributed by atoms with Crippen molar-refractivity contribution in [2.75, 3.05) is 12.3 Å². The highest BCUT2D eigenvalue weighted by atomic mass is 32.2. The Labute approximate surface area is 193 Å². The highest BCUT2D eigenvalue weighted by molar-refractivity contribution is 8.00. The second-order valence-corrected chi connectivity index (χ2v) is 10.5. The number of carboxylic acid groups (broad SMARTS) is 1. The summed E-state index contributed by atoms with van der Waals surface area (Å²) in [5.41, 5.74) is -0.695. The standard InChI is InChI=1S/C21H36N4O6S/c1-21(2,3)31-20(30)24-13(18(27)28)8-6-7-11-22-16(26)10-5-4-9-15-17-14(12-32-15)23-19(29)25-17/h13-15,17H,4-12H2,1-3H3,(H,22,26)(H,24,30)(H,27,28)(H2,23,25,29)/t13-,14-,15-,17+/m1/s1. The van der Waals surface area contributed by atoms with Crippen LogP contribution in [-0.2, 0) is 14.3 Å². The third-order valence-electron chi connectivity index (χ3n) is 5.31. The number of hydrogen-bond donors (Lipinski definition) is 5.